The molecule has 0 aromatic carbocycles. The molecule has 16 heavy (non-hydrogen) atoms. The second-order valence-corrected chi connectivity index (χ2v) is 5.48. The summed E-state index contributed by atoms with van der Waals surface area (Å²) in [6, 6.07) is 2.06. The van der Waals surface area contributed by atoms with Crippen LogP contribution < -0.4 is 5.32 Å². The minimum Gasteiger partial charge on any atom is -0.354 e. The molecule has 0 bridgehead atoms. The highest BCUT2D eigenvalue weighted by Crippen LogP contribution is 2.21. The molecular weight excluding hydrogens is 200 g/mol. The standard InChI is InChI=1S/C13H24N2O/c1-6-7-13(4,5)9-15-12(16)11(8-14)10(2)3/h10-11H,6-7,9H2,1-5H3,(H,15,16). The summed E-state index contributed by atoms with van der Waals surface area (Å²) in [5.41, 5.74) is 0.112. The normalized spacial score (nSPS) is 13.3. The van der Waals surface area contributed by atoms with E-state index in [0.717, 1.165) is 12.8 Å². The number of carbonyl (C=O) groups is 1. The van der Waals surface area contributed by atoms with Crippen molar-refractivity contribution in [2.45, 2.75) is 47.5 Å². The molecule has 0 heterocycles. The third kappa shape index (κ3) is 5.16. The zero-order valence-electron chi connectivity index (χ0n) is 11.1. The topological polar surface area (TPSA) is 52.9 Å². The minimum absolute atomic E-state index is 0.0688. The first-order chi connectivity index (χ1) is 7.34. The Labute approximate surface area is 99.2 Å². The van der Waals surface area contributed by atoms with Crippen LogP contribution in [0.4, 0.5) is 0 Å². The maximum atomic E-state index is 11.7. The summed E-state index contributed by atoms with van der Waals surface area (Å²) in [7, 11) is 0. The minimum atomic E-state index is -0.530. The van der Waals surface area contributed by atoms with E-state index in [1.54, 1.807) is 0 Å². The Morgan fingerprint density at radius 3 is 2.38 bits per heavy atom. The van der Waals surface area contributed by atoms with Gasteiger partial charge in [-0.05, 0) is 17.8 Å². The summed E-state index contributed by atoms with van der Waals surface area (Å²) in [5, 5.41) is 11.8. The van der Waals surface area contributed by atoms with Crippen molar-refractivity contribution < 1.29 is 4.79 Å². The quantitative estimate of drug-likeness (QED) is 0.754. The van der Waals surface area contributed by atoms with Gasteiger partial charge in [-0.25, -0.2) is 0 Å². The lowest BCUT2D eigenvalue weighted by atomic mass is 9.87. The van der Waals surface area contributed by atoms with E-state index in [-0.39, 0.29) is 17.2 Å². The lowest BCUT2D eigenvalue weighted by Gasteiger charge is -2.25. The van der Waals surface area contributed by atoms with Crippen molar-refractivity contribution in [2.24, 2.45) is 17.3 Å². The average molecular weight is 224 g/mol. The molecule has 1 N–H and O–H groups in total. The molecule has 0 saturated carbocycles. The predicted octanol–water partition coefficient (Wildman–Crippen LogP) is 2.72. The molecule has 0 saturated heterocycles. The number of nitrogens with one attached hydrogen (secondary N) is 1. The number of nitriles is 1. The van der Waals surface area contributed by atoms with Gasteiger partial charge in [0.1, 0.15) is 5.92 Å². The Morgan fingerprint density at radius 1 is 1.44 bits per heavy atom. The number of nitrogens with zero attached hydrogens (tertiary/aromatic N) is 1. The fourth-order valence-corrected chi connectivity index (χ4v) is 1.71. The van der Waals surface area contributed by atoms with Crippen LogP contribution in [0.2, 0.25) is 0 Å². The van der Waals surface area contributed by atoms with E-state index in [4.69, 9.17) is 5.26 Å². The number of amides is 1. The van der Waals surface area contributed by atoms with Crippen LogP contribution in [0.25, 0.3) is 0 Å². The van der Waals surface area contributed by atoms with Crippen LogP contribution in [0.15, 0.2) is 0 Å². The van der Waals surface area contributed by atoms with E-state index in [1.165, 1.54) is 0 Å². The highest BCUT2D eigenvalue weighted by atomic mass is 16.1. The van der Waals surface area contributed by atoms with Crippen LogP contribution in [0.5, 0.6) is 0 Å². The van der Waals surface area contributed by atoms with Gasteiger partial charge >= 0.3 is 0 Å². The summed E-state index contributed by atoms with van der Waals surface area (Å²) in [6.07, 6.45) is 2.18. The SMILES string of the molecule is CCCC(C)(C)CNC(=O)C(C#N)C(C)C. The molecule has 0 aliphatic heterocycles. The van der Waals surface area contributed by atoms with Gasteiger partial charge in [-0.15, -0.1) is 0 Å². The molecule has 1 amide bonds. The molecule has 92 valence electrons. The molecule has 0 aliphatic carbocycles. The maximum absolute atomic E-state index is 11.7. The van der Waals surface area contributed by atoms with E-state index in [2.05, 4.69) is 32.2 Å². The lowest BCUT2D eigenvalue weighted by molar-refractivity contribution is -0.124. The highest BCUT2D eigenvalue weighted by molar-refractivity contribution is 5.81. The zero-order chi connectivity index (χ0) is 12.8. The van der Waals surface area contributed by atoms with Crippen LogP contribution in [-0.4, -0.2) is 12.5 Å². The van der Waals surface area contributed by atoms with Gasteiger partial charge in [0.15, 0.2) is 0 Å². The van der Waals surface area contributed by atoms with Crippen LogP contribution >= 0.6 is 0 Å². The third-order valence-corrected chi connectivity index (χ3v) is 2.76. The number of carbonyl (C=O) groups excluding carboxylic acids is 1. The van der Waals surface area contributed by atoms with Gasteiger partial charge < -0.3 is 5.32 Å². The molecule has 0 radical (unpaired) electrons. The van der Waals surface area contributed by atoms with Crippen molar-refractivity contribution in [3.05, 3.63) is 0 Å². The van der Waals surface area contributed by atoms with Gasteiger partial charge in [0.25, 0.3) is 0 Å². The van der Waals surface area contributed by atoms with Gasteiger partial charge in [-0.3, -0.25) is 4.79 Å². The number of rotatable bonds is 6. The third-order valence-electron chi connectivity index (χ3n) is 2.76. The molecule has 0 rings (SSSR count). The number of hydrogen-bond donors (Lipinski definition) is 1. The molecule has 0 fully saturated rings. The Hall–Kier alpha value is -1.04. The van der Waals surface area contributed by atoms with E-state index < -0.39 is 5.92 Å². The average Bonchev–Trinajstić information content (AvgIpc) is 2.15. The summed E-state index contributed by atoms with van der Waals surface area (Å²) in [4.78, 5) is 11.7. The van der Waals surface area contributed by atoms with E-state index >= 15 is 0 Å². The lowest BCUT2D eigenvalue weighted by Crippen LogP contribution is -2.38. The van der Waals surface area contributed by atoms with Crippen molar-refractivity contribution >= 4 is 5.91 Å². The monoisotopic (exact) mass is 224 g/mol. The highest BCUT2D eigenvalue weighted by Gasteiger charge is 2.24. The smallest absolute Gasteiger partial charge is 0.237 e. The molecular formula is C13H24N2O. The first-order valence-electron chi connectivity index (χ1n) is 6.01. The second kappa shape index (κ2) is 6.52. The Kier molecular flexibility index (Phi) is 6.10. The van der Waals surface area contributed by atoms with Gasteiger partial charge in [0.2, 0.25) is 5.91 Å². The zero-order valence-corrected chi connectivity index (χ0v) is 11.1. The van der Waals surface area contributed by atoms with Crippen LogP contribution in [0, 0.1) is 28.6 Å². The summed E-state index contributed by atoms with van der Waals surface area (Å²) >= 11 is 0. The van der Waals surface area contributed by atoms with E-state index in [0.29, 0.717) is 6.54 Å². The summed E-state index contributed by atoms with van der Waals surface area (Å²) < 4.78 is 0. The summed E-state index contributed by atoms with van der Waals surface area (Å²) in [5.74, 6) is -0.599. The first-order valence-corrected chi connectivity index (χ1v) is 6.01. The predicted molar refractivity (Wildman–Crippen MR) is 65.6 cm³/mol. The first kappa shape index (κ1) is 15.0. The van der Waals surface area contributed by atoms with Crippen LogP contribution in [0.1, 0.15) is 47.5 Å². The summed E-state index contributed by atoms with van der Waals surface area (Å²) in [6.45, 7) is 10.8. The molecule has 1 unspecified atom stereocenters. The van der Waals surface area contributed by atoms with Gasteiger partial charge in [-0.1, -0.05) is 41.0 Å². The Morgan fingerprint density at radius 2 is 2.00 bits per heavy atom. The van der Waals surface area contributed by atoms with Gasteiger partial charge in [0.05, 0.1) is 6.07 Å². The molecule has 0 aromatic rings. The fraction of sp³-hybridized carbons (Fsp3) is 0.846. The molecule has 1 atom stereocenters. The van der Waals surface area contributed by atoms with Crippen molar-refractivity contribution in [3.63, 3.8) is 0 Å². The van der Waals surface area contributed by atoms with Crippen LogP contribution in [-0.2, 0) is 4.79 Å². The molecule has 0 spiro atoms. The maximum Gasteiger partial charge on any atom is 0.237 e. The second-order valence-electron chi connectivity index (χ2n) is 5.48. The van der Waals surface area contributed by atoms with Crippen molar-refractivity contribution in [1.29, 1.82) is 5.26 Å². The molecule has 0 aliphatic rings. The Bertz CT molecular complexity index is 264. The van der Waals surface area contributed by atoms with Crippen molar-refractivity contribution in [3.8, 4) is 6.07 Å². The van der Waals surface area contributed by atoms with Gasteiger partial charge in [0, 0.05) is 6.54 Å². The van der Waals surface area contributed by atoms with Crippen LogP contribution in [0.3, 0.4) is 0 Å². The molecule has 3 nitrogen and oxygen atoms in total. The van der Waals surface area contributed by atoms with E-state index in [9.17, 15) is 4.79 Å². The van der Waals surface area contributed by atoms with Crippen molar-refractivity contribution in [2.75, 3.05) is 6.54 Å². The molecule has 3 heteroatoms. The van der Waals surface area contributed by atoms with Gasteiger partial charge in [-0.2, -0.15) is 5.26 Å². The Balaban J connectivity index is 4.21. The largest absolute Gasteiger partial charge is 0.354 e. The molecule has 0 aromatic heterocycles. The fourth-order valence-electron chi connectivity index (χ4n) is 1.71. The van der Waals surface area contributed by atoms with Crippen molar-refractivity contribution in [1.82, 2.24) is 5.32 Å². The van der Waals surface area contributed by atoms with E-state index in [1.807, 2.05) is 13.8 Å². The number of hydrogen-bond acceptors (Lipinski definition) is 2.